The van der Waals surface area contributed by atoms with Crippen LogP contribution in [0.1, 0.15) is 41.5 Å². The first kappa shape index (κ1) is 14.7. The Bertz CT molecular complexity index is 251. The lowest BCUT2D eigenvalue weighted by atomic mass is 10.2. The molecule has 0 aliphatic carbocycles. The SMILES string of the molecule is CC(C)(C)OOC=NNC(=O)OC(C)(C)C. The first-order valence-electron chi connectivity index (χ1n) is 4.95. The van der Waals surface area contributed by atoms with Gasteiger partial charge in [-0.15, -0.1) is 5.10 Å². The van der Waals surface area contributed by atoms with Gasteiger partial charge in [0.05, 0.1) is 0 Å². The molecule has 1 N–H and O–H groups in total. The molecular weight excluding hydrogens is 212 g/mol. The van der Waals surface area contributed by atoms with Crippen LogP contribution in [0.5, 0.6) is 0 Å². The van der Waals surface area contributed by atoms with Crippen LogP contribution >= 0.6 is 0 Å². The summed E-state index contributed by atoms with van der Waals surface area (Å²) in [5, 5.41) is 3.46. The van der Waals surface area contributed by atoms with E-state index in [0.717, 1.165) is 6.40 Å². The highest BCUT2D eigenvalue weighted by Crippen LogP contribution is 2.06. The summed E-state index contributed by atoms with van der Waals surface area (Å²) in [6.07, 6.45) is 0.331. The van der Waals surface area contributed by atoms with Gasteiger partial charge in [-0.3, -0.25) is 0 Å². The zero-order chi connectivity index (χ0) is 12.8. The van der Waals surface area contributed by atoms with Crippen LogP contribution in [0.2, 0.25) is 0 Å². The van der Waals surface area contributed by atoms with Crippen LogP contribution in [0.4, 0.5) is 4.79 Å². The zero-order valence-electron chi connectivity index (χ0n) is 10.7. The van der Waals surface area contributed by atoms with E-state index in [9.17, 15) is 4.79 Å². The van der Waals surface area contributed by atoms with Crippen molar-refractivity contribution in [1.29, 1.82) is 0 Å². The summed E-state index contributed by atoms with van der Waals surface area (Å²) in [4.78, 5) is 20.6. The molecule has 6 nitrogen and oxygen atoms in total. The maximum atomic E-state index is 11.1. The lowest BCUT2D eigenvalue weighted by Crippen LogP contribution is -2.30. The number of rotatable bonds is 3. The zero-order valence-corrected chi connectivity index (χ0v) is 10.7. The molecule has 0 unspecified atom stereocenters. The van der Waals surface area contributed by atoms with Crippen molar-refractivity contribution in [1.82, 2.24) is 5.43 Å². The Balaban J connectivity index is 3.73. The predicted octanol–water partition coefficient (Wildman–Crippen LogP) is 2.20. The Morgan fingerprint density at radius 2 is 1.69 bits per heavy atom. The van der Waals surface area contributed by atoms with Gasteiger partial charge in [-0.25, -0.2) is 10.2 Å². The number of ether oxygens (including phenoxy) is 1. The normalized spacial score (nSPS) is 12.6. The lowest BCUT2D eigenvalue weighted by molar-refractivity contribution is -0.283. The molecule has 16 heavy (non-hydrogen) atoms. The molecule has 0 spiro atoms. The summed E-state index contributed by atoms with van der Waals surface area (Å²) in [7, 11) is 0. The van der Waals surface area contributed by atoms with Gasteiger partial charge in [-0.05, 0) is 41.5 Å². The van der Waals surface area contributed by atoms with Gasteiger partial charge in [0.1, 0.15) is 11.2 Å². The Morgan fingerprint density at radius 1 is 1.12 bits per heavy atom. The number of carbonyl (C=O) groups is 1. The fraction of sp³-hybridized carbons (Fsp3) is 0.800. The molecule has 1 amide bonds. The van der Waals surface area contributed by atoms with E-state index < -0.39 is 17.3 Å². The molecule has 94 valence electrons. The molecule has 0 aliphatic rings. The molecule has 0 aromatic rings. The van der Waals surface area contributed by atoms with E-state index in [0.29, 0.717) is 0 Å². The van der Waals surface area contributed by atoms with Gasteiger partial charge in [0.2, 0.25) is 6.40 Å². The minimum Gasteiger partial charge on any atom is -0.443 e. The molecule has 0 saturated carbocycles. The van der Waals surface area contributed by atoms with Gasteiger partial charge in [0, 0.05) is 0 Å². The highest BCUT2D eigenvalue weighted by atomic mass is 17.2. The Morgan fingerprint density at radius 3 is 2.12 bits per heavy atom. The minimum atomic E-state index is -0.650. The molecule has 0 bridgehead atoms. The second kappa shape index (κ2) is 5.69. The number of nitrogens with one attached hydrogen (secondary N) is 1. The average Bonchev–Trinajstić information content (AvgIpc) is 1.97. The largest absolute Gasteiger partial charge is 0.443 e. The van der Waals surface area contributed by atoms with Crippen molar-refractivity contribution >= 4 is 12.5 Å². The van der Waals surface area contributed by atoms with Crippen molar-refractivity contribution in [2.24, 2.45) is 5.10 Å². The number of hydrogen-bond donors (Lipinski definition) is 1. The summed E-state index contributed by atoms with van der Waals surface area (Å²) in [5.74, 6) is 0. The van der Waals surface area contributed by atoms with Crippen molar-refractivity contribution in [3.05, 3.63) is 0 Å². The molecule has 0 rings (SSSR count). The van der Waals surface area contributed by atoms with Crippen LogP contribution in [-0.4, -0.2) is 23.7 Å². The second-order valence-corrected chi connectivity index (χ2v) is 5.14. The van der Waals surface area contributed by atoms with Crippen LogP contribution in [0.3, 0.4) is 0 Å². The molecule has 0 radical (unpaired) electrons. The Hall–Kier alpha value is -1.30. The van der Waals surface area contributed by atoms with Crippen LogP contribution in [0.15, 0.2) is 5.10 Å². The lowest BCUT2D eigenvalue weighted by Gasteiger charge is -2.18. The van der Waals surface area contributed by atoms with E-state index in [1.54, 1.807) is 20.8 Å². The van der Waals surface area contributed by atoms with Gasteiger partial charge in [0.15, 0.2) is 0 Å². The minimum absolute atomic E-state index is 0.433. The van der Waals surface area contributed by atoms with Gasteiger partial charge in [-0.1, -0.05) is 0 Å². The third-order valence-corrected chi connectivity index (χ3v) is 0.949. The van der Waals surface area contributed by atoms with Gasteiger partial charge in [-0.2, -0.15) is 4.89 Å². The van der Waals surface area contributed by atoms with Crippen molar-refractivity contribution < 1.29 is 19.3 Å². The molecule has 0 fully saturated rings. The molecule has 0 heterocycles. The monoisotopic (exact) mass is 232 g/mol. The van der Waals surface area contributed by atoms with Gasteiger partial charge in [0.25, 0.3) is 0 Å². The summed E-state index contributed by atoms with van der Waals surface area (Å²) >= 11 is 0. The van der Waals surface area contributed by atoms with Crippen molar-refractivity contribution in [2.45, 2.75) is 52.7 Å². The van der Waals surface area contributed by atoms with Gasteiger partial charge < -0.3 is 9.62 Å². The fourth-order valence-corrected chi connectivity index (χ4v) is 0.567. The van der Waals surface area contributed by atoms with E-state index >= 15 is 0 Å². The topological polar surface area (TPSA) is 69.2 Å². The van der Waals surface area contributed by atoms with Crippen LogP contribution in [0.25, 0.3) is 0 Å². The highest BCUT2D eigenvalue weighted by Gasteiger charge is 2.15. The van der Waals surface area contributed by atoms with Crippen LogP contribution in [-0.2, 0) is 14.5 Å². The molecule has 0 aromatic heterocycles. The third-order valence-electron chi connectivity index (χ3n) is 0.949. The van der Waals surface area contributed by atoms with Crippen LogP contribution < -0.4 is 5.43 Å². The average molecular weight is 232 g/mol. The van der Waals surface area contributed by atoms with E-state index in [1.165, 1.54) is 0 Å². The number of carbonyl (C=O) groups excluding carboxylic acids is 1. The predicted molar refractivity (Wildman–Crippen MR) is 59.8 cm³/mol. The number of hydrogen-bond acceptors (Lipinski definition) is 5. The van der Waals surface area contributed by atoms with Crippen molar-refractivity contribution in [2.75, 3.05) is 0 Å². The summed E-state index contributed by atoms with van der Waals surface area (Å²) in [5.41, 5.74) is 1.14. The van der Waals surface area contributed by atoms with Crippen molar-refractivity contribution in [3.8, 4) is 0 Å². The highest BCUT2D eigenvalue weighted by molar-refractivity contribution is 5.68. The van der Waals surface area contributed by atoms with E-state index in [2.05, 4.69) is 15.4 Å². The van der Waals surface area contributed by atoms with Crippen molar-refractivity contribution in [3.63, 3.8) is 0 Å². The third kappa shape index (κ3) is 10.8. The smallest absolute Gasteiger partial charge is 0.428 e. The second-order valence-electron chi connectivity index (χ2n) is 5.14. The first-order valence-corrected chi connectivity index (χ1v) is 4.95. The molecule has 0 saturated heterocycles. The maximum Gasteiger partial charge on any atom is 0.428 e. The molecule has 6 heteroatoms. The summed E-state index contributed by atoms with van der Waals surface area (Å²) in [6, 6.07) is 0. The Labute approximate surface area is 95.9 Å². The maximum absolute atomic E-state index is 11.1. The van der Waals surface area contributed by atoms with Gasteiger partial charge >= 0.3 is 6.09 Å². The standard InChI is InChI=1S/C10H20N2O4/c1-9(2,3)15-8(13)12-11-7-14-16-10(4,5)6/h7H,1-6H3,(H,12,13). The number of amides is 1. The molecule has 0 aliphatic heterocycles. The van der Waals surface area contributed by atoms with E-state index in [1.807, 2.05) is 20.8 Å². The summed E-state index contributed by atoms with van der Waals surface area (Å²) in [6.45, 7) is 10.7. The number of nitrogens with zero attached hydrogens (tertiary/aromatic N) is 1. The molecular formula is C10H20N2O4. The van der Waals surface area contributed by atoms with E-state index in [-0.39, 0.29) is 0 Å². The fourth-order valence-electron chi connectivity index (χ4n) is 0.567. The molecule has 0 atom stereocenters. The summed E-state index contributed by atoms with van der Waals surface area (Å²) < 4.78 is 4.93. The van der Waals surface area contributed by atoms with E-state index in [4.69, 9.17) is 9.62 Å². The quantitative estimate of drug-likeness (QED) is 0.350. The Kier molecular flexibility index (Phi) is 5.23. The van der Waals surface area contributed by atoms with Crippen LogP contribution in [0, 0.1) is 0 Å². The molecule has 0 aromatic carbocycles. The number of hydrazone groups is 1. The first-order chi connectivity index (χ1) is 7.10.